The molecule has 13 heavy (non-hydrogen) atoms. The largest absolute Gasteiger partial charge is 0.477 e. The van der Waals surface area contributed by atoms with E-state index in [1.165, 1.54) is 24.3 Å². The van der Waals surface area contributed by atoms with Gasteiger partial charge in [0.2, 0.25) is 0 Å². The van der Waals surface area contributed by atoms with Crippen LogP contribution in [0.2, 0.25) is 5.02 Å². The van der Waals surface area contributed by atoms with Crippen LogP contribution in [-0.2, 0) is 10.6 Å². The lowest BCUT2D eigenvalue weighted by atomic mass is 10.1. The van der Waals surface area contributed by atoms with Gasteiger partial charge in [-0.2, -0.15) is 0 Å². The van der Waals surface area contributed by atoms with Crippen molar-refractivity contribution >= 4 is 17.6 Å². The summed E-state index contributed by atoms with van der Waals surface area (Å²) in [6.45, 7) is 0. The van der Waals surface area contributed by atoms with Crippen LogP contribution in [0, 0.1) is 0 Å². The maximum Gasteiger partial charge on any atom is 0.369 e. The molecule has 1 rings (SSSR count). The topological polar surface area (TPSA) is 77.8 Å². The van der Waals surface area contributed by atoms with E-state index in [1.54, 1.807) is 0 Å². The third-order valence-electron chi connectivity index (χ3n) is 1.54. The predicted octanol–water partition coefficient (Wildman–Crippen LogP) is 0.562. The second-order valence-corrected chi connectivity index (χ2v) is 2.92. The molecule has 0 saturated heterocycles. The number of carbonyl (C=O) groups is 1. The van der Waals surface area contributed by atoms with Crippen LogP contribution in [0.25, 0.3) is 0 Å². The summed E-state index contributed by atoms with van der Waals surface area (Å²) >= 11 is 5.53. The standard InChI is InChI=1S/C8H7ClO4/c9-6-3-1-5(2-4-6)8(12,13)7(10)11/h1-4,12-13H,(H,10,11). The molecule has 0 atom stereocenters. The summed E-state index contributed by atoms with van der Waals surface area (Å²) in [7, 11) is 0. The van der Waals surface area contributed by atoms with E-state index < -0.39 is 11.8 Å². The lowest BCUT2D eigenvalue weighted by Crippen LogP contribution is -2.34. The summed E-state index contributed by atoms with van der Waals surface area (Å²) in [6, 6.07) is 5.22. The van der Waals surface area contributed by atoms with Crippen LogP contribution in [-0.4, -0.2) is 21.3 Å². The minimum atomic E-state index is -2.86. The number of carboxylic acids is 1. The first kappa shape index (κ1) is 9.98. The first-order valence-electron chi connectivity index (χ1n) is 3.39. The third kappa shape index (κ3) is 1.98. The average molecular weight is 203 g/mol. The molecule has 0 unspecified atom stereocenters. The zero-order valence-electron chi connectivity index (χ0n) is 6.44. The molecule has 4 nitrogen and oxygen atoms in total. The molecule has 3 N–H and O–H groups in total. The lowest BCUT2D eigenvalue weighted by Gasteiger charge is -2.16. The summed E-state index contributed by atoms with van der Waals surface area (Å²) in [5.74, 6) is -4.58. The van der Waals surface area contributed by atoms with E-state index in [1.807, 2.05) is 0 Å². The zero-order valence-corrected chi connectivity index (χ0v) is 7.19. The molecule has 0 aromatic heterocycles. The highest BCUT2D eigenvalue weighted by molar-refractivity contribution is 6.30. The molecule has 0 saturated carbocycles. The number of halogens is 1. The molecule has 70 valence electrons. The monoisotopic (exact) mass is 202 g/mol. The van der Waals surface area contributed by atoms with Crippen LogP contribution in [0.5, 0.6) is 0 Å². The van der Waals surface area contributed by atoms with E-state index >= 15 is 0 Å². The minimum absolute atomic E-state index is 0.135. The van der Waals surface area contributed by atoms with Gasteiger partial charge in [-0.3, -0.25) is 0 Å². The molecule has 0 aliphatic carbocycles. The molecule has 0 fully saturated rings. The van der Waals surface area contributed by atoms with Gasteiger partial charge in [-0.1, -0.05) is 23.7 Å². The fraction of sp³-hybridized carbons (Fsp3) is 0.125. The van der Waals surface area contributed by atoms with Crippen LogP contribution >= 0.6 is 11.6 Å². The van der Waals surface area contributed by atoms with Crippen molar-refractivity contribution in [2.75, 3.05) is 0 Å². The fourth-order valence-corrected chi connectivity index (χ4v) is 0.932. The number of rotatable bonds is 2. The second-order valence-electron chi connectivity index (χ2n) is 2.48. The van der Waals surface area contributed by atoms with Crippen LogP contribution in [0.15, 0.2) is 24.3 Å². The Kier molecular flexibility index (Phi) is 2.56. The van der Waals surface area contributed by atoms with E-state index in [0.29, 0.717) is 5.02 Å². The minimum Gasteiger partial charge on any atom is -0.477 e. The molecule has 0 aliphatic heterocycles. The number of carboxylic acid groups (broad SMARTS) is 1. The molecular weight excluding hydrogens is 196 g/mol. The Balaban J connectivity index is 3.08. The number of hydrogen-bond donors (Lipinski definition) is 3. The molecule has 1 aromatic rings. The van der Waals surface area contributed by atoms with Crippen molar-refractivity contribution in [1.29, 1.82) is 0 Å². The Labute approximate surface area is 79.0 Å². The zero-order chi connectivity index (χ0) is 10.1. The van der Waals surface area contributed by atoms with E-state index in [9.17, 15) is 4.79 Å². The smallest absolute Gasteiger partial charge is 0.369 e. The number of benzene rings is 1. The Hall–Kier alpha value is -1.10. The van der Waals surface area contributed by atoms with Crippen molar-refractivity contribution in [2.45, 2.75) is 5.79 Å². The summed E-state index contributed by atoms with van der Waals surface area (Å²) in [5, 5.41) is 27.0. The summed E-state index contributed by atoms with van der Waals surface area (Å²) in [4.78, 5) is 10.4. The van der Waals surface area contributed by atoms with Crippen LogP contribution < -0.4 is 0 Å². The van der Waals surface area contributed by atoms with Gasteiger partial charge in [0.1, 0.15) is 0 Å². The van der Waals surface area contributed by atoms with Crippen molar-refractivity contribution in [2.24, 2.45) is 0 Å². The summed E-state index contributed by atoms with van der Waals surface area (Å²) in [5.41, 5.74) is -0.135. The van der Waals surface area contributed by atoms with E-state index in [0.717, 1.165) is 0 Å². The number of aliphatic hydroxyl groups is 2. The molecule has 0 spiro atoms. The van der Waals surface area contributed by atoms with Gasteiger partial charge in [0.05, 0.1) is 0 Å². The quantitative estimate of drug-likeness (QED) is 0.613. The maximum atomic E-state index is 10.4. The first-order chi connectivity index (χ1) is 5.94. The normalized spacial score (nSPS) is 11.3. The van der Waals surface area contributed by atoms with Crippen molar-refractivity contribution in [3.63, 3.8) is 0 Å². The van der Waals surface area contributed by atoms with Crippen molar-refractivity contribution in [1.82, 2.24) is 0 Å². The van der Waals surface area contributed by atoms with Crippen molar-refractivity contribution in [3.8, 4) is 0 Å². The molecule has 5 heteroatoms. The highest BCUT2D eigenvalue weighted by Gasteiger charge is 2.35. The van der Waals surface area contributed by atoms with Gasteiger partial charge in [0, 0.05) is 10.6 Å². The highest BCUT2D eigenvalue weighted by Crippen LogP contribution is 2.20. The molecule has 1 aromatic carbocycles. The molecule has 0 heterocycles. The third-order valence-corrected chi connectivity index (χ3v) is 1.80. The second kappa shape index (κ2) is 3.33. The Morgan fingerprint density at radius 3 is 2.08 bits per heavy atom. The van der Waals surface area contributed by atoms with Gasteiger partial charge < -0.3 is 15.3 Å². The SMILES string of the molecule is O=C(O)C(O)(O)c1ccc(Cl)cc1. The maximum absolute atomic E-state index is 10.4. The highest BCUT2D eigenvalue weighted by atomic mass is 35.5. The van der Waals surface area contributed by atoms with E-state index in [4.69, 9.17) is 26.9 Å². The summed E-state index contributed by atoms with van der Waals surface area (Å²) in [6.07, 6.45) is 0. The average Bonchev–Trinajstić information content (AvgIpc) is 2.04. The van der Waals surface area contributed by atoms with Gasteiger partial charge >= 0.3 is 5.97 Å². The van der Waals surface area contributed by atoms with Crippen LogP contribution in [0.3, 0.4) is 0 Å². The summed E-state index contributed by atoms with van der Waals surface area (Å²) < 4.78 is 0. The van der Waals surface area contributed by atoms with Crippen LogP contribution in [0.4, 0.5) is 0 Å². The van der Waals surface area contributed by atoms with Gasteiger partial charge in [-0.05, 0) is 12.1 Å². The Bertz CT molecular complexity index is 317. The van der Waals surface area contributed by atoms with Crippen LogP contribution in [0.1, 0.15) is 5.56 Å². The van der Waals surface area contributed by atoms with Gasteiger partial charge in [0.25, 0.3) is 5.79 Å². The van der Waals surface area contributed by atoms with E-state index in [2.05, 4.69) is 0 Å². The van der Waals surface area contributed by atoms with Crippen molar-refractivity contribution < 1.29 is 20.1 Å². The number of aliphatic carboxylic acids is 1. The lowest BCUT2D eigenvalue weighted by molar-refractivity contribution is -0.208. The van der Waals surface area contributed by atoms with Gasteiger partial charge in [0.15, 0.2) is 0 Å². The first-order valence-corrected chi connectivity index (χ1v) is 3.76. The van der Waals surface area contributed by atoms with E-state index in [-0.39, 0.29) is 5.56 Å². The van der Waals surface area contributed by atoms with Crippen molar-refractivity contribution in [3.05, 3.63) is 34.9 Å². The fourth-order valence-electron chi connectivity index (χ4n) is 0.806. The Morgan fingerprint density at radius 1 is 1.23 bits per heavy atom. The molecular formula is C8H7ClO4. The van der Waals surface area contributed by atoms with Gasteiger partial charge in [-0.15, -0.1) is 0 Å². The molecule has 0 radical (unpaired) electrons. The molecule has 0 aliphatic rings. The van der Waals surface area contributed by atoms with Gasteiger partial charge in [-0.25, -0.2) is 4.79 Å². The molecule has 0 bridgehead atoms. The predicted molar refractivity (Wildman–Crippen MR) is 45.2 cm³/mol. The Morgan fingerprint density at radius 2 is 1.69 bits per heavy atom. The number of hydrogen-bond acceptors (Lipinski definition) is 3. The molecule has 0 amide bonds.